The normalized spacial score (nSPS) is 18.9. The highest BCUT2D eigenvalue weighted by Gasteiger charge is 2.36. The van der Waals surface area contributed by atoms with Gasteiger partial charge in [0.15, 0.2) is 9.92 Å². The maximum Gasteiger partial charge on any atom is 0.354 e. The van der Waals surface area contributed by atoms with Crippen molar-refractivity contribution in [3.8, 4) is 0 Å². The van der Waals surface area contributed by atoms with E-state index in [1.165, 1.54) is 13.8 Å². The van der Waals surface area contributed by atoms with Crippen LogP contribution in [-0.2, 0) is 40.2 Å². The zero-order chi connectivity index (χ0) is 22.8. The molecule has 2 amide bonds. The van der Waals surface area contributed by atoms with Gasteiger partial charge in [0.1, 0.15) is 10.0 Å². The molecule has 0 aromatic carbocycles. The molecule has 2 aliphatic rings. The fourth-order valence-electron chi connectivity index (χ4n) is 4.34. The first-order valence-electron chi connectivity index (χ1n) is 10.2. The van der Waals surface area contributed by atoms with Gasteiger partial charge in [0.05, 0.1) is 21.9 Å². The number of halogens is 1. The van der Waals surface area contributed by atoms with E-state index >= 15 is 0 Å². The molecule has 2 heterocycles. The Balaban J connectivity index is 1.70. The summed E-state index contributed by atoms with van der Waals surface area (Å²) in [5.74, 6) is -0.728. The number of rotatable bonds is 3. The highest BCUT2D eigenvalue weighted by atomic mass is 32.2. The number of nitrogens with one attached hydrogen (secondary N) is 1. The van der Waals surface area contributed by atoms with Crippen molar-refractivity contribution < 1.29 is 18.5 Å². The minimum Gasteiger partial charge on any atom is -0.385 e. The zero-order valence-corrected chi connectivity index (χ0v) is 19.7. The Morgan fingerprint density at radius 3 is 2.71 bits per heavy atom. The summed E-state index contributed by atoms with van der Waals surface area (Å²) < 4.78 is 30.8. The molecule has 10 heteroatoms. The van der Waals surface area contributed by atoms with Crippen molar-refractivity contribution in [2.45, 2.75) is 75.0 Å². The first-order chi connectivity index (χ1) is 14.3. The second kappa shape index (κ2) is 7.33. The Kier molecular flexibility index (Phi) is 5.28. The summed E-state index contributed by atoms with van der Waals surface area (Å²) in [6.07, 6.45) is 4.37. The van der Waals surface area contributed by atoms with E-state index in [0.29, 0.717) is 5.69 Å². The van der Waals surface area contributed by atoms with Gasteiger partial charge in [0, 0.05) is 17.2 Å². The number of aliphatic hydroxyl groups is 1. The molecule has 4 N–H and O–H groups in total. The summed E-state index contributed by atoms with van der Waals surface area (Å²) in [4.78, 5) is 17.6. The lowest BCUT2D eigenvalue weighted by atomic mass is 9.90. The number of fused-ring (bicyclic) bond motifs is 2. The molecule has 0 spiro atoms. The molecule has 7 nitrogen and oxygen atoms in total. The van der Waals surface area contributed by atoms with Gasteiger partial charge in [-0.15, -0.1) is 15.7 Å². The average molecular weight is 467 g/mol. The van der Waals surface area contributed by atoms with Gasteiger partial charge in [-0.3, -0.25) is 4.98 Å². The Labute approximate surface area is 185 Å². The molecular formula is C21H27FN4O3S2. The van der Waals surface area contributed by atoms with E-state index in [2.05, 4.69) is 23.5 Å². The lowest BCUT2D eigenvalue weighted by Crippen LogP contribution is -2.19. The van der Waals surface area contributed by atoms with Crippen molar-refractivity contribution in [2.24, 2.45) is 9.50 Å². The minimum absolute atomic E-state index is 0.0108. The number of hydrogen-bond donors (Lipinski definition) is 3. The monoisotopic (exact) mass is 466 g/mol. The molecule has 168 valence electrons. The van der Waals surface area contributed by atoms with E-state index in [0.717, 1.165) is 72.0 Å². The fourth-order valence-corrected chi connectivity index (χ4v) is 6.60. The largest absolute Gasteiger partial charge is 0.385 e. The van der Waals surface area contributed by atoms with Crippen molar-refractivity contribution >= 4 is 33.0 Å². The van der Waals surface area contributed by atoms with Gasteiger partial charge in [-0.1, -0.05) is 13.8 Å². The van der Waals surface area contributed by atoms with Crippen LogP contribution in [0.4, 0.5) is 14.9 Å². The van der Waals surface area contributed by atoms with Crippen LogP contribution in [0.3, 0.4) is 0 Å². The molecule has 0 saturated carbocycles. The van der Waals surface area contributed by atoms with Crippen LogP contribution in [0.15, 0.2) is 14.6 Å². The first kappa shape index (κ1) is 22.3. The van der Waals surface area contributed by atoms with Crippen LogP contribution in [0.1, 0.15) is 67.9 Å². The molecule has 0 aliphatic heterocycles. The van der Waals surface area contributed by atoms with Gasteiger partial charge in [0.25, 0.3) is 0 Å². The number of carbonyl (C=O) groups excluding carboxylic acids is 1. The predicted molar refractivity (Wildman–Crippen MR) is 119 cm³/mol. The number of urea groups is 1. The Morgan fingerprint density at radius 2 is 2.06 bits per heavy atom. The minimum atomic E-state index is -3.68. The van der Waals surface area contributed by atoms with Crippen molar-refractivity contribution in [1.82, 2.24) is 4.98 Å². The van der Waals surface area contributed by atoms with E-state index in [1.54, 1.807) is 0 Å². The van der Waals surface area contributed by atoms with Crippen LogP contribution in [0.25, 0.3) is 0 Å². The molecule has 1 atom stereocenters. The van der Waals surface area contributed by atoms with Gasteiger partial charge in [-0.25, -0.2) is 18.5 Å². The van der Waals surface area contributed by atoms with Crippen molar-refractivity contribution in [3.05, 3.63) is 39.3 Å². The molecule has 2 aliphatic carbocycles. The summed E-state index contributed by atoms with van der Waals surface area (Å²) in [5, 5.41) is 18.7. The van der Waals surface area contributed by atoms with Crippen LogP contribution in [0, 0.1) is 5.82 Å². The van der Waals surface area contributed by atoms with Crippen LogP contribution in [0.2, 0.25) is 0 Å². The summed E-state index contributed by atoms with van der Waals surface area (Å²) in [5.41, 5.74) is 3.17. The number of nitrogens with zero attached hydrogens (tertiary/aromatic N) is 2. The van der Waals surface area contributed by atoms with Gasteiger partial charge in [-0.2, -0.15) is 0 Å². The highest BCUT2D eigenvalue weighted by molar-refractivity contribution is 7.93. The van der Waals surface area contributed by atoms with E-state index in [1.807, 2.05) is 0 Å². The third-order valence-electron chi connectivity index (χ3n) is 5.92. The summed E-state index contributed by atoms with van der Waals surface area (Å²) in [6.45, 7) is 7.11. The van der Waals surface area contributed by atoms with E-state index in [9.17, 15) is 18.5 Å². The lowest BCUT2D eigenvalue weighted by Gasteiger charge is -2.20. The van der Waals surface area contributed by atoms with Crippen molar-refractivity contribution in [2.75, 3.05) is 5.32 Å². The number of carbonyl (C=O) groups is 1. The van der Waals surface area contributed by atoms with Gasteiger partial charge in [0.2, 0.25) is 0 Å². The molecule has 2 aromatic rings. The summed E-state index contributed by atoms with van der Waals surface area (Å²) in [7, 11) is -3.68. The van der Waals surface area contributed by atoms with Gasteiger partial charge < -0.3 is 10.4 Å². The second-order valence-corrected chi connectivity index (χ2v) is 12.4. The van der Waals surface area contributed by atoms with Gasteiger partial charge >= 0.3 is 6.03 Å². The van der Waals surface area contributed by atoms with E-state index in [-0.39, 0.29) is 14.5 Å². The smallest absolute Gasteiger partial charge is 0.354 e. The maximum absolute atomic E-state index is 14.2. The number of thiophene rings is 1. The summed E-state index contributed by atoms with van der Waals surface area (Å²) in [6, 6.07) is 0.139. The Hall–Kier alpha value is -1.88. The maximum atomic E-state index is 14.2. The Bertz CT molecular complexity index is 1200. The fraction of sp³-hybridized carbons (Fsp3) is 0.524. The van der Waals surface area contributed by atoms with Crippen LogP contribution >= 0.6 is 11.3 Å². The summed E-state index contributed by atoms with van der Waals surface area (Å²) >= 11 is 0.752. The number of amides is 2. The van der Waals surface area contributed by atoms with E-state index < -0.39 is 27.4 Å². The predicted octanol–water partition coefficient (Wildman–Crippen LogP) is 4.15. The highest BCUT2D eigenvalue weighted by Crippen LogP contribution is 2.44. The standard InChI is InChI=1S/C21H27FN4O3S2/c1-20(2)9-8-12-16(11-6-5-7-14(11)24-17(12)20)25-19(27)26-31(23,29)15-10-13(22)18(30-15)21(3,4)28/h10,28H,5-9H2,1-4H3,(H3,23,24,25,26,27,29). The molecule has 0 bridgehead atoms. The topological polar surface area (TPSA) is 118 Å². The number of hydrogen-bond acceptors (Lipinski definition) is 5. The second-order valence-electron chi connectivity index (χ2n) is 9.37. The third-order valence-corrected chi connectivity index (χ3v) is 9.24. The Morgan fingerprint density at radius 1 is 1.35 bits per heavy atom. The van der Waals surface area contributed by atoms with Crippen molar-refractivity contribution in [1.29, 1.82) is 0 Å². The SMILES string of the molecule is CC(C)(O)c1sc(S(N)(=O)=NC(=O)Nc2c3c(nc4c2CCC4(C)C)CCC3)cc1F. The molecule has 0 radical (unpaired) electrons. The zero-order valence-electron chi connectivity index (χ0n) is 18.0. The van der Waals surface area contributed by atoms with Crippen LogP contribution < -0.4 is 10.5 Å². The molecule has 0 fully saturated rings. The number of aryl methyl sites for hydroxylation is 1. The molecule has 2 aromatic heterocycles. The number of aromatic nitrogens is 1. The lowest BCUT2D eigenvalue weighted by molar-refractivity contribution is 0.0789. The number of anilines is 1. The average Bonchev–Trinajstić information content (AvgIpc) is 3.32. The van der Waals surface area contributed by atoms with E-state index in [4.69, 9.17) is 10.1 Å². The van der Waals surface area contributed by atoms with Crippen LogP contribution in [-0.4, -0.2) is 20.3 Å². The third kappa shape index (κ3) is 4.02. The van der Waals surface area contributed by atoms with Gasteiger partial charge in [-0.05, 0) is 57.1 Å². The molecule has 31 heavy (non-hydrogen) atoms. The van der Waals surface area contributed by atoms with Crippen molar-refractivity contribution in [3.63, 3.8) is 0 Å². The first-order valence-corrected chi connectivity index (χ1v) is 12.6. The molecular weight excluding hydrogens is 439 g/mol. The molecule has 4 rings (SSSR count). The molecule has 0 saturated heterocycles. The van der Waals surface area contributed by atoms with Crippen LogP contribution in [0.5, 0.6) is 0 Å². The number of nitrogens with two attached hydrogens (primary N) is 1. The molecule has 1 unspecified atom stereocenters. The quantitative estimate of drug-likeness (QED) is 0.630. The number of pyridine rings is 1.